The van der Waals surface area contributed by atoms with Gasteiger partial charge in [0, 0.05) is 35.1 Å². The van der Waals surface area contributed by atoms with E-state index in [1.54, 1.807) is 6.07 Å². The Morgan fingerprint density at radius 1 is 1.24 bits per heavy atom. The number of aromatic nitrogens is 1. The summed E-state index contributed by atoms with van der Waals surface area (Å²) in [5.74, 6) is -0.189. The second-order valence-electron chi connectivity index (χ2n) is 4.98. The van der Waals surface area contributed by atoms with E-state index in [9.17, 15) is 4.39 Å². The molecule has 0 aliphatic heterocycles. The lowest BCUT2D eigenvalue weighted by Gasteiger charge is -2.15. The Balaban J connectivity index is 2.61. The number of benzene rings is 1. The molecule has 0 bridgehead atoms. The smallest absolute Gasteiger partial charge is 0.123 e. The lowest BCUT2D eigenvalue weighted by molar-refractivity contribution is 0.576. The highest BCUT2D eigenvalue weighted by Gasteiger charge is 2.12. The van der Waals surface area contributed by atoms with Crippen molar-refractivity contribution in [3.8, 4) is 0 Å². The quantitative estimate of drug-likeness (QED) is 0.868. The number of halogens is 1. The summed E-state index contributed by atoms with van der Waals surface area (Å²) in [5.41, 5.74) is 8.11. The maximum atomic E-state index is 13.2. The Labute approximate surface area is 101 Å². The number of hydrogen-bond donors (Lipinski definition) is 1. The maximum absolute atomic E-state index is 13.2. The van der Waals surface area contributed by atoms with Gasteiger partial charge in [-0.15, -0.1) is 0 Å². The summed E-state index contributed by atoms with van der Waals surface area (Å²) in [6.45, 7) is 6.25. The van der Waals surface area contributed by atoms with E-state index in [1.807, 2.05) is 19.1 Å². The van der Waals surface area contributed by atoms with Gasteiger partial charge in [-0.1, -0.05) is 0 Å². The summed E-state index contributed by atoms with van der Waals surface area (Å²) in [6, 6.07) is 7.45. The van der Waals surface area contributed by atoms with Gasteiger partial charge in [-0.3, -0.25) is 0 Å². The van der Waals surface area contributed by atoms with Crippen LogP contribution in [-0.4, -0.2) is 10.6 Å². The molecular formula is C14H19FN2. The Morgan fingerprint density at radius 3 is 2.53 bits per heavy atom. The van der Waals surface area contributed by atoms with Gasteiger partial charge in [-0.05, 0) is 45.0 Å². The first-order valence-corrected chi connectivity index (χ1v) is 6.04. The van der Waals surface area contributed by atoms with Crippen molar-refractivity contribution in [3.05, 3.63) is 35.8 Å². The van der Waals surface area contributed by atoms with Gasteiger partial charge >= 0.3 is 0 Å². The molecule has 0 saturated carbocycles. The molecule has 1 heterocycles. The molecule has 0 saturated heterocycles. The normalized spacial score (nSPS) is 13.5. The number of nitrogens with zero attached hydrogens (tertiary/aromatic N) is 1. The maximum Gasteiger partial charge on any atom is 0.123 e. The van der Waals surface area contributed by atoms with Crippen LogP contribution in [0.4, 0.5) is 4.39 Å². The molecule has 17 heavy (non-hydrogen) atoms. The Hall–Kier alpha value is -1.35. The molecule has 2 aromatic rings. The predicted molar refractivity (Wildman–Crippen MR) is 69.6 cm³/mol. The van der Waals surface area contributed by atoms with Gasteiger partial charge in [0.15, 0.2) is 0 Å². The number of nitrogens with two attached hydrogens (primary N) is 1. The lowest BCUT2D eigenvalue weighted by atomic mass is 10.2. The molecule has 0 spiro atoms. The molecule has 1 aromatic carbocycles. The summed E-state index contributed by atoms with van der Waals surface area (Å²) < 4.78 is 15.4. The molecule has 92 valence electrons. The van der Waals surface area contributed by atoms with Gasteiger partial charge in [0.1, 0.15) is 5.82 Å². The second kappa shape index (κ2) is 4.49. The fourth-order valence-corrected chi connectivity index (χ4v) is 2.36. The van der Waals surface area contributed by atoms with Crippen LogP contribution in [0.2, 0.25) is 0 Å². The van der Waals surface area contributed by atoms with Crippen molar-refractivity contribution in [1.82, 2.24) is 4.57 Å². The summed E-state index contributed by atoms with van der Waals surface area (Å²) >= 11 is 0. The molecule has 0 amide bonds. The standard InChI is InChI=1S/C14H19FN2/c1-9(2)17-13(6-10(3)16)8-11-7-12(15)4-5-14(11)17/h4-5,7-10H,6,16H2,1-3H3. The minimum atomic E-state index is -0.189. The molecule has 0 aliphatic carbocycles. The zero-order valence-corrected chi connectivity index (χ0v) is 10.6. The first kappa shape index (κ1) is 12.1. The fourth-order valence-electron chi connectivity index (χ4n) is 2.36. The summed E-state index contributed by atoms with van der Waals surface area (Å²) in [6.07, 6.45) is 0.814. The van der Waals surface area contributed by atoms with E-state index < -0.39 is 0 Å². The van der Waals surface area contributed by atoms with Gasteiger partial charge in [-0.2, -0.15) is 0 Å². The Kier molecular flexibility index (Phi) is 3.20. The van der Waals surface area contributed by atoms with E-state index in [-0.39, 0.29) is 11.9 Å². The molecule has 3 heteroatoms. The SMILES string of the molecule is CC(N)Cc1cc2cc(F)ccc2n1C(C)C. The fraction of sp³-hybridized carbons (Fsp3) is 0.429. The summed E-state index contributed by atoms with van der Waals surface area (Å²) in [7, 11) is 0. The first-order valence-electron chi connectivity index (χ1n) is 6.04. The third-order valence-corrected chi connectivity index (χ3v) is 2.93. The molecule has 0 fully saturated rings. The van der Waals surface area contributed by atoms with E-state index in [4.69, 9.17) is 5.73 Å². The van der Waals surface area contributed by atoms with Gasteiger partial charge in [0.05, 0.1) is 0 Å². The summed E-state index contributed by atoms with van der Waals surface area (Å²) in [5, 5.41) is 0.953. The van der Waals surface area contributed by atoms with E-state index in [1.165, 1.54) is 11.8 Å². The number of fused-ring (bicyclic) bond motifs is 1. The van der Waals surface area contributed by atoms with Crippen LogP contribution in [0, 0.1) is 5.82 Å². The van der Waals surface area contributed by atoms with Gasteiger partial charge in [0.25, 0.3) is 0 Å². The van der Waals surface area contributed by atoms with Crippen LogP contribution in [-0.2, 0) is 6.42 Å². The molecule has 2 nitrogen and oxygen atoms in total. The van der Waals surface area contributed by atoms with E-state index in [0.29, 0.717) is 6.04 Å². The topological polar surface area (TPSA) is 30.9 Å². The van der Waals surface area contributed by atoms with Crippen molar-refractivity contribution in [1.29, 1.82) is 0 Å². The van der Waals surface area contributed by atoms with Gasteiger partial charge < -0.3 is 10.3 Å². The van der Waals surface area contributed by atoms with Crippen LogP contribution < -0.4 is 5.73 Å². The van der Waals surface area contributed by atoms with Crippen LogP contribution in [0.1, 0.15) is 32.5 Å². The zero-order chi connectivity index (χ0) is 12.6. The molecule has 1 aromatic heterocycles. The lowest BCUT2D eigenvalue weighted by Crippen LogP contribution is -2.20. The zero-order valence-electron chi connectivity index (χ0n) is 10.6. The van der Waals surface area contributed by atoms with Crippen molar-refractivity contribution in [2.75, 3.05) is 0 Å². The van der Waals surface area contributed by atoms with Crippen molar-refractivity contribution >= 4 is 10.9 Å². The molecule has 0 radical (unpaired) electrons. The van der Waals surface area contributed by atoms with Crippen molar-refractivity contribution in [2.24, 2.45) is 5.73 Å². The van der Waals surface area contributed by atoms with Crippen LogP contribution in [0.25, 0.3) is 10.9 Å². The number of hydrogen-bond acceptors (Lipinski definition) is 1. The Bertz CT molecular complexity index is 526. The van der Waals surface area contributed by atoms with E-state index in [2.05, 4.69) is 18.4 Å². The Morgan fingerprint density at radius 2 is 1.94 bits per heavy atom. The van der Waals surface area contributed by atoms with E-state index >= 15 is 0 Å². The van der Waals surface area contributed by atoms with Gasteiger partial charge in [0.2, 0.25) is 0 Å². The summed E-state index contributed by atoms with van der Waals surface area (Å²) in [4.78, 5) is 0. The van der Waals surface area contributed by atoms with Crippen LogP contribution in [0.3, 0.4) is 0 Å². The highest BCUT2D eigenvalue weighted by molar-refractivity contribution is 5.81. The minimum Gasteiger partial charge on any atom is -0.342 e. The average molecular weight is 234 g/mol. The second-order valence-corrected chi connectivity index (χ2v) is 4.98. The van der Waals surface area contributed by atoms with Crippen molar-refractivity contribution in [2.45, 2.75) is 39.3 Å². The van der Waals surface area contributed by atoms with Crippen LogP contribution in [0.15, 0.2) is 24.3 Å². The van der Waals surface area contributed by atoms with Crippen molar-refractivity contribution in [3.63, 3.8) is 0 Å². The number of rotatable bonds is 3. The molecule has 2 rings (SSSR count). The largest absolute Gasteiger partial charge is 0.342 e. The third kappa shape index (κ3) is 2.34. The highest BCUT2D eigenvalue weighted by Crippen LogP contribution is 2.25. The average Bonchev–Trinajstić information content (AvgIpc) is 2.53. The monoisotopic (exact) mass is 234 g/mol. The minimum absolute atomic E-state index is 0.113. The molecule has 1 atom stereocenters. The van der Waals surface area contributed by atoms with Crippen LogP contribution >= 0.6 is 0 Å². The molecular weight excluding hydrogens is 215 g/mol. The first-order chi connectivity index (χ1) is 7.99. The molecule has 0 aliphatic rings. The third-order valence-electron chi connectivity index (χ3n) is 2.93. The van der Waals surface area contributed by atoms with Crippen LogP contribution in [0.5, 0.6) is 0 Å². The van der Waals surface area contributed by atoms with Crippen molar-refractivity contribution < 1.29 is 4.39 Å². The molecule has 1 unspecified atom stereocenters. The molecule has 2 N–H and O–H groups in total. The predicted octanol–water partition coefficient (Wildman–Crippen LogP) is 3.25. The van der Waals surface area contributed by atoms with Gasteiger partial charge in [-0.25, -0.2) is 4.39 Å². The van der Waals surface area contributed by atoms with E-state index in [0.717, 1.165) is 17.3 Å². The highest BCUT2D eigenvalue weighted by atomic mass is 19.1.